The van der Waals surface area contributed by atoms with Gasteiger partial charge in [0.25, 0.3) is 5.91 Å². The van der Waals surface area contributed by atoms with Gasteiger partial charge >= 0.3 is 0 Å². The third-order valence-corrected chi connectivity index (χ3v) is 3.67. The summed E-state index contributed by atoms with van der Waals surface area (Å²) >= 11 is 11.7. The Bertz CT molecular complexity index is 467. The number of rotatable bonds is 4. The van der Waals surface area contributed by atoms with Crippen LogP contribution in [0.15, 0.2) is 18.2 Å². The first-order valence-corrected chi connectivity index (χ1v) is 6.82. The topological polar surface area (TPSA) is 49.8 Å². The molecule has 1 N–H and O–H groups in total. The molecule has 0 aromatic heterocycles. The van der Waals surface area contributed by atoms with Crippen molar-refractivity contribution in [1.29, 1.82) is 0 Å². The van der Waals surface area contributed by atoms with Gasteiger partial charge in [-0.05, 0) is 24.6 Å². The molecule has 0 saturated carbocycles. The van der Waals surface area contributed by atoms with Gasteiger partial charge in [0.15, 0.2) is 6.61 Å². The van der Waals surface area contributed by atoms with Crippen LogP contribution in [0.5, 0.6) is 5.75 Å². The molecule has 0 bridgehead atoms. The summed E-state index contributed by atoms with van der Waals surface area (Å²) in [4.78, 5) is 13.6. The van der Waals surface area contributed by atoms with Gasteiger partial charge < -0.3 is 14.7 Å². The smallest absolute Gasteiger partial charge is 0.260 e. The van der Waals surface area contributed by atoms with E-state index in [2.05, 4.69) is 0 Å². The second-order valence-electron chi connectivity index (χ2n) is 4.54. The summed E-state index contributed by atoms with van der Waals surface area (Å²) in [5.41, 5.74) is 0. The number of hydrogen-bond donors (Lipinski definition) is 1. The summed E-state index contributed by atoms with van der Waals surface area (Å²) in [5, 5.41) is 9.94. The summed E-state index contributed by atoms with van der Waals surface area (Å²) < 4.78 is 5.39. The van der Waals surface area contributed by atoms with E-state index in [9.17, 15) is 4.79 Å². The van der Waals surface area contributed by atoms with Gasteiger partial charge in [-0.25, -0.2) is 0 Å². The minimum absolute atomic E-state index is 0.0561. The lowest BCUT2D eigenvalue weighted by atomic mass is 10.1. The van der Waals surface area contributed by atoms with Gasteiger partial charge in [-0.15, -0.1) is 0 Å². The largest absolute Gasteiger partial charge is 0.482 e. The zero-order valence-electron chi connectivity index (χ0n) is 10.3. The van der Waals surface area contributed by atoms with Crippen LogP contribution in [0.2, 0.25) is 10.0 Å². The van der Waals surface area contributed by atoms with Gasteiger partial charge in [0.2, 0.25) is 0 Å². The average molecular weight is 304 g/mol. The maximum absolute atomic E-state index is 11.9. The minimum Gasteiger partial charge on any atom is -0.482 e. The highest BCUT2D eigenvalue weighted by Crippen LogP contribution is 2.27. The van der Waals surface area contributed by atoms with Crippen molar-refractivity contribution < 1.29 is 14.6 Å². The molecule has 1 unspecified atom stereocenters. The summed E-state index contributed by atoms with van der Waals surface area (Å²) in [5.74, 6) is 0.530. The fraction of sp³-hybridized carbons (Fsp3) is 0.462. The lowest BCUT2D eigenvalue weighted by molar-refractivity contribution is -0.132. The van der Waals surface area contributed by atoms with Crippen molar-refractivity contribution in [2.45, 2.75) is 6.42 Å². The lowest BCUT2D eigenvalue weighted by Crippen LogP contribution is -2.33. The quantitative estimate of drug-likeness (QED) is 0.928. The van der Waals surface area contributed by atoms with E-state index in [4.69, 9.17) is 33.0 Å². The van der Waals surface area contributed by atoms with Gasteiger partial charge in [0.1, 0.15) is 5.75 Å². The Morgan fingerprint density at radius 1 is 1.47 bits per heavy atom. The molecular weight excluding hydrogens is 289 g/mol. The first-order chi connectivity index (χ1) is 9.10. The van der Waals surface area contributed by atoms with Crippen molar-refractivity contribution >= 4 is 29.1 Å². The van der Waals surface area contributed by atoms with Crippen molar-refractivity contribution in [1.82, 2.24) is 4.90 Å². The van der Waals surface area contributed by atoms with Crippen LogP contribution >= 0.6 is 23.2 Å². The van der Waals surface area contributed by atoms with E-state index >= 15 is 0 Å². The van der Waals surface area contributed by atoms with Crippen molar-refractivity contribution in [3.8, 4) is 5.75 Å². The SMILES string of the molecule is O=C(COc1ccc(Cl)cc1Cl)N1CCC(CO)C1. The van der Waals surface area contributed by atoms with Gasteiger partial charge in [-0.2, -0.15) is 0 Å². The number of halogens is 2. The Balaban J connectivity index is 1.87. The molecule has 6 heteroatoms. The molecule has 0 radical (unpaired) electrons. The van der Waals surface area contributed by atoms with Crippen LogP contribution < -0.4 is 4.74 Å². The van der Waals surface area contributed by atoms with Crippen LogP contribution in [0.4, 0.5) is 0 Å². The van der Waals surface area contributed by atoms with E-state index < -0.39 is 0 Å². The normalized spacial score (nSPS) is 18.7. The van der Waals surface area contributed by atoms with E-state index in [1.54, 1.807) is 23.1 Å². The number of aliphatic hydroxyl groups is 1. The highest BCUT2D eigenvalue weighted by molar-refractivity contribution is 6.35. The molecule has 1 aliphatic rings. The van der Waals surface area contributed by atoms with Crippen LogP contribution in [-0.4, -0.2) is 42.2 Å². The Kier molecular flexibility index (Phi) is 4.91. The number of ether oxygens (including phenoxy) is 1. The van der Waals surface area contributed by atoms with Crippen LogP contribution in [-0.2, 0) is 4.79 Å². The van der Waals surface area contributed by atoms with Gasteiger partial charge in [-0.1, -0.05) is 23.2 Å². The highest BCUT2D eigenvalue weighted by atomic mass is 35.5. The molecule has 1 aromatic carbocycles. The number of nitrogens with zero attached hydrogens (tertiary/aromatic N) is 1. The standard InChI is InChI=1S/C13H15Cl2NO3/c14-10-1-2-12(11(15)5-10)19-8-13(18)16-4-3-9(6-16)7-17/h1-2,5,9,17H,3-4,6-8H2. The zero-order valence-corrected chi connectivity index (χ0v) is 11.8. The Labute approximate surface area is 121 Å². The van der Waals surface area contributed by atoms with Crippen molar-refractivity contribution in [3.63, 3.8) is 0 Å². The van der Waals surface area contributed by atoms with E-state index in [1.807, 2.05) is 0 Å². The van der Waals surface area contributed by atoms with Crippen molar-refractivity contribution in [2.75, 3.05) is 26.3 Å². The average Bonchev–Trinajstić information content (AvgIpc) is 2.86. The first-order valence-electron chi connectivity index (χ1n) is 6.06. The van der Waals surface area contributed by atoms with Crippen LogP contribution in [0, 0.1) is 5.92 Å². The summed E-state index contributed by atoms with van der Waals surface area (Å²) in [6, 6.07) is 4.86. The van der Waals surface area contributed by atoms with Crippen LogP contribution in [0.3, 0.4) is 0 Å². The molecule has 4 nitrogen and oxygen atoms in total. The van der Waals surface area contributed by atoms with Crippen LogP contribution in [0.25, 0.3) is 0 Å². The molecule has 0 aliphatic carbocycles. The predicted molar refractivity (Wildman–Crippen MR) is 73.7 cm³/mol. The molecule has 1 fully saturated rings. The van der Waals surface area contributed by atoms with E-state index in [0.29, 0.717) is 28.9 Å². The van der Waals surface area contributed by atoms with Crippen molar-refractivity contribution in [2.24, 2.45) is 5.92 Å². The molecule has 1 atom stereocenters. The molecule has 1 aromatic rings. The van der Waals surface area contributed by atoms with Gasteiger partial charge in [0, 0.05) is 30.6 Å². The number of benzene rings is 1. The maximum Gasteiger partial charge on any atom is 0.260 e. The molecule has 19 heavy (non-hydrogen) atoms. The number of carbonyl (C=O) groups is 1. The number of likely N-dealkylation sites (tertiary alicyclic amines) is 1. The molecule has 0 spiro atoms. The molecule has 1 amide bonds. The highest BCUT2D eigenvalue weighted by Gasteiger charge is 2.25. The van der Waals surface area contributed by atoms with Gasteiger partial charge in [-0.3, -0.25) is 4.79 Å². The second-order valence-corrected chi connectivity index (χ2v) is 5.38. The van der Waals surface area contributed by atoms with Crippen molar-refractivity contribution in [3.05, 3.63) is 28.2 Å². The minimum atomic E-state index is -0.0954. The number of aliphatic hydroxyl groups excluding tert-OH is 1. The number of carbonyl (C=O) groups excluding carboxylic acids is 1. The third-order valence-electron chi connectivity index (χ3n) is 3.14. The molecule has 104 valence electrons. The summed E-state index contributed by atoms with van der Waals surface area (Å²) in [7, 11) is 0. The molecule has 1 aliphatic heterocycles. The molecule has 1 saturated heterocycles. The third kappa shape index (κ3) is 3.75. The lowest BCUT2D eigenvalue weighted by Gasteiger charge is -2.16. The zero-order chi connectivity index (χ0) is 13.8. The van der Waals surface area contributed by atoms with E-state index in [1.165, 1.54) is 0 Å². The predicted octanol–water partition coefficient (Wildman–Crippen LogP) is 2.21. The monoisotopic (exact) mass is 303 g/mol. The molecule has 2 rings (SSSR count). The number of hydrogen-bond acceptors (Lipinski definition) is 3. The summed E-state index contributed by atoms with van der Waals surface area (Å²) in [6.07, 6.45) is 0.837. The Morgan fingerprint density at radius 2 is 2.26 bits per heavy atom. The molecular formula is C13H15Cl2NO3. The van der Waals surface area contributed by atoms with Gasteiger partial charge in [0.05, 0.1) is 5.02 Å². The Hall–Kier alpha value is -0.970. The maximum atomic E-state index is 11.9. The summed E-state index contributed by atoms with van der Waals surface area (Å²) in [6.45, 7) is 1.32. The second kappa shape index (κ2) is 6.46. The Morgan fingerprint density at radius 3 is 2.89 bits per heavy atom. The van der Waals surface area contributed by atoms with Crippen LogP contribution in [0.1, 0.15) is 6.42 Å². The van der Waals surface area contributed by atoms with E-state index in [-0.39, 0.29) is 25.0 Å². The number of amides is 1. The first kappa shape index (κ1) is 14.4. The fourth-order valence-corrected chi connectivity index (χ4v) is 2.49. The molecule has 1 heterocycles. The fourth-order valence-electron chi connectivity index (χ4n) is 2.03. The van der Waals surface area contributed by atoms with E-state index in [0.717, 1.165) is 6.42 Å².